The normalized spacial score (nSPS) is 17.5. The fourth-order valence-electron chi connectivity index (χ4n) is 3.25. The van der Waals surface area contributed by atoms with Crippen LogP contribution in [0.3, 0.4) is 0 Å². The van der Waals surface area contributed by atoms with Gasteiger partial charge in [0.1, 0.15) is 11.3 Å². The minimum atomic E-state index is 0.0910. The molecule has 3 aromatic rings. The van der Waals surface area contributed by atoms with E-state index in [0.717, 1.165) is 30.6 Å². The number of benzene rings is 1. The summed E-state index contributed by atoms with van der Waals surface area (Å²) in [6.07, 6.45) is 9.70. The number of methoxy groups -OCH3 is 1. The zero-order valence-electron chi connectivity index (χ0n) is 13.6. The molecule has 0 spiro atoms. The number of rotatable bonds is 4. The Kier molecular flexibility index (Phi) is 3.72. The van der Waals surface area contributed by atoms with Gasteiger partial charge in [0.15, 0.2) is 17.1 Å². The van der Waals surface area contributed by atoms with Gasteiger partial charge in [-0.05, 0) is 37.3 Å². The Morgan fingerprint density at radius 1 is 1.38 bits per heavy atom. The van der Waals surface area contributed by atoms with Crippen LogP contribution < -0.4 is 4.74 Å². The molecule has 0 bridgehead atoms. The molecule has 0 fully saturated rings. The molecule has 0 saturated heterocycles. The predicted molar refractivity (Wildman–Crippen MR) is 92.0 cm³/mol. The van der Waals surface area contributed by atoms with Crippen LogP contribution in [0.25, 0.3) is 22.6 Å². The predicted octanol–water partition coefficient (Wildman–Crippen LogP) is 3.50. The summed E-state index contributed by atoms with van der Waals surface area (Å²) in [4.78, 5) is 7.89. The van der Waals surface area contributed by atoms with Crippen molar-refractivity contribution >= 4 is 11.2 Å². The smallest absolute Gasteiger partial charge is 0.176 e. The Balaban J connectivity index is 1.68. The summed E-state index contributed by atoms with van der Waals surface area (Å²) >= 11 is 0. The Morgan fingerprint density at radius 3 is 3.08 bits per heavy atom. The second-order valence-electron chi connectivity index (χ2n) is 6.16. The van der Waals surface area contributed by atoms with E-state index in [2.05, 4.69) is 27.2 Å². The summed E-state index contributed by atoms with van der Waals surface area (Å²) in [6, 6.07) is 5.38. The molecule has 0 amide bonds. The van der Waals surface area contributed by atoms with Gasteiger partial charge in [-0.2, -0.15) is 5.10 Å². The minimum absolute atomic E-state index is 0.0910. The van der Waals surface area contributed by atoms with Crippen molar-refractivity contribution in [1.82, 2.24) is 19.7 Å². The monoisotopic (exact) mass is 324 g/mol. The second-order valence-corrected chi connectivity index (χ2v) is 6.16. The Hall–Kier alpha value is -2.76. The maximum atomic E-state index is 10.3. The molecule has 4 rings (SSSR count). The summed E-state index contributed by atoms with van der Waals surface area (Å²) in [7, 11) is 1.54. The molecule has 0 aliphatic heterocycles. The van der Waals surface area contributed by atoms with Crippen molar-refractivity contribution in [2.75, 3.05) is 7.11 Å². The molecule has 1 unspecified atom stereocenters. The third kappa shape index (κ3) is 2.54. The van der Waals surface area contributed by atoms with E-state index in [4.69, 9.17) is 4.74 Å². The van der Waals surface area contributed by atoms with E-state index in [1.165, 1.54) is 13.5 Å². The lowest BCUT2D eigenvalue weighted by Crippen LogP contribution is -2.13. The summed E-state index contributed by atoms with van der Waals surface area (Å²) in [6.45, 7) is 0.863. The highest BCUT2D eigenvalue weighted by molar-refractivity contribution is 5.78. The SMILES string of the molecule is COc1cccc(-c2nc3c(cnn3CC3CC=CCC3)[nH]2)c1O. The number of phenolic OH excluding ortho intramolecular Hbond substituents is 1. The number of para-hydroxylation sites is 1. The van der Waals surface area contributed by atoms with E-state index in [1.54, 1.807) is 12.3 Å². The van der Waals surface area contributed by atoms with Gasteiger partial charge in [0.2, 0.25) is 0 Å². The number of phenols is 1. The molecule has 124 valence electrons. The molecule has 1 atom stereocenters. The zero-order valence-corrected chi connectivity index (χ0v) is 13.6. The molecule has 1 aliphatic rings. The Morgan fingerprint density at radius 2 is 2.29 bits per heavy atom. The number of fused-ring (bicyclic) bond motifs is 1. The van der Waals surface area contributed by atoms with Crippen molar-refractivity contribution in [3.8, 4) is 22.9 Å². The quantitative estimate of drug-likeness (QED) is 0.720. The Labute approximate surface area is 139 Å². The molecule has 2 N–H and O–H groups in total. The molecule has 0 radical (unpaired) electrons. The molecule has 2 heterocycles. The highest BCUT2D eigenvalue weighted by atomic mass is 16.5. The average molecular weight is 324 g/mol. The van der Waals surface area contributed by atoms with E-state index in [1.807, 2.05) is 16.8 Å². The standard InChI is InChI=1S/C18H20N4O2/c1-24-15-9-5-8-13(16(15)23)17-20-14-10-19-22(18(14)21-17)11-12-6-3-2-4-7-12/h2-3,5,8-10,12,23H,4,6-7,11H2,1H3,(H,20,21). The first kappa shape index (κ1) is 14.8. The highest BCUT2D eigenvalue weighted by Gasteiger charge is 2.17. The number of nitrogens with one attached hydrogen (secondary N) is 1. The number of allylic oxidation sites excluding steroid dienone is 2. The first-order valence-electron chi connectivity index (χ1n) is 8.19. The van der Waals surface area contributed by atoms with E-state index < -0.39 is 0 Å². The molecular formula is C18H20N4O2. The number of hydrogen-bond acceptors (Lipinski definition) is 4. The van der Waals surface area contributed by atoms with E-state index in [0.29, 0.717) is 23.1 Å². The van der Waals surface area contributed by atoms with E-state index >= 15 is 0 Å². The van der Waals surface area contributed by atoms with Crippen molar-refractivity contribution in [3.63, 3.8) is 0 Å². The summed E-state index contributed by atoms with van der Waals surface area (Å²) in [5, 5.41) is 14.8. The van der Waals surface area contributed by atoms with Crippen LogP contribution >= 0.6 is 0 Å². The number of H-pyrrole nitrogens is 1. The number of ether oxygens (including phenoxy) is 1. The van der Waals surface area contributed by atoms with Crippen LogP contribution in [0.5, 0.6) is 11.5 Å². The lowest BCUT2D eigenvalue weighted by atomic mass is 9.94. The third-order valence-corrected chi connectivity index (χ3v) is 4.57. The van der Waals surface area contributed by atoms with Crippen LogP contribution in [0.2, 0.25) is 0 Å². The van der Waals surface area contributed by atoms with Gasteiger partial charge in [0.25, 0.3) is 0 Å². The van der Waals surface area contributed by atoms with Crippen molar-refractivity contribution < 1.29 is 9.84 Å². The van der Waals surface area contributed by atoms with Gasteiger partial charge in [0.05, 0.1) is 18.9 Å². The van der Waals surface area contributed by atoms with Gasteiger partial charge in [0, 0.05) is 6.54 Å². The second kappa shape index (κ2) is 6.03. The number of aromatic hydroxyl groups is 1. The van der Waals surface area contributed by atoms with E-state index in [-0.39, 0.29) is 5.75 Å². The van der Waals surface area contributed by atoms with Crippen LogP contribution in [0.15, 0.2) is 36.5 Å². The molecular weight excluding hydrogens is 304 g/mol. The number of imidazole rings is 1. The first-order chi connectivity index (χ1) is 11.8. The fraction of sp³-hybridized carbons (Fsp3) is 0.333. The topological polar surface area (TPSA) is 76.0 Å². The van der Waals surface area contributed by atoms with Crippen LogP contribution in [-0.2, 0) is 6.54 Å². The lowest BCUT2D eigenvalue weighted by Gasteiger charge is -2.17. The van der Waals surface area contributed by atoms with Gasteiger partial charge in [-0.25, -0.2) is 9.67 Å². The largest absolute Gasteiger partial charge is 0.504 e. The van der Waals surface area contributed by atoms with Gasteiger partial charge in [-0.1, -0.05) is 18.2 Å². The fourth-order valence-corrected chi connectivity index (χ4v) is 3.25. The zero-order chi connectivity index (χ0) is 16.5. The van der Waals surface area contributed by atoms with Crippen molar-refractivity contribution in [2.24, 2.45) is 5.92 Å². The number of aromatic nitrogens is 4. The lowest BCUT2D eigenvalue weighted by molar-refractivity contribution is 0.374. The highest BCUT2D eigenvalue weighted by Crippen LogP contribution is 2.36. The molecule has 2 aromatic heterocycles. The molecule has 6 nitrogen and oxygen atoms in total. The van der Waals surface area contributed by atoms with Gasteiger partial charge in [-0.15, -0.1) is 0 Å². The molecule has 24 heavy (non-hydrogen) atoms. The minimum Gasteiger partial charge on any atom is -0.504 e. The van der Waals surface area contributed by atoms with Gasteiger partial charge in [-0.3, -0.25) is 0 Å². The molecule has 1 aromatic carbocycles. The third-order valence-electron chi connectivity index (χ3n) is 4.57. The van der Waals surface area contributed by atoms with Gasteiger partial charge < -0.3 is 14.8 Å². The average Bonchev–Trinajstić information content (AvgIpc) is 3.18. The first-order valence-corrected chi connectivity index (χ1v) is 8.19. The van der Waals surface area contributed by atoms with Crippen molar-refractivity contribution in [2.45, 2.75) is 25.8 Å². The molecule has 0 saturated carbocycles. The molecule has 6 heteroatoms. The van der Waals surface area contributed by atoms with Gasteiger partial charge >= 0.3 is 0 Å². The van der Waals surface area contributed by atoms with Crippen molar-refractivity contribution in [1.29, 1.82) is 0 Å². The van der Waals surface area contributed by atoms with Crippen LogP contribution in [-0.4, -0.2) is 32.0 Å². The summed E-state index contributed by atoms with van der Waals surface area (Å²) in [5.41, 5.74) is 2.32. The number of nitrogens with zero attached hydrogens (tertiary/aromatic N) is 3. The molecule has 1 aliphatic carbocycles. The number of aromatic amines is 1. The van der Waals surface area contributed by atoms with E-state index in [9.17, 15) is 5.11 Å². The van der Waals surface area contributed by atoms with Crippen molar-refractivity contribution in [3.05, 3.63) is 36.5 Å². The summed E-state index contributed by atoms with van der Waals surface area (Å²) < 4.78 is 7.13. The Bertz CT molecular complexity index is 894. The van der Waals surface area contributed by atoms with Crippen LogP contribution in [0.1, 0.15) is 19.3 Å². The van der Waals surface area contributed by atoms with Crippen LogP contribution in [0.4, 0.5) is 0 Å². The maximum absolute atomic E-state index is 10.3. The number of hydrogen-bond donors (Lipinski definition) is 2. The maximum Gasteiger partial charge on any atom is 0.176 e. The summed E-state index contributed by atoms with van der Waals surface area (Å²) in [5.74, 6) is 1.75. The van der Waals surface area contributed by atoms with Crippen LogP contribution in [0, 0.1) is 5.92 Å².